The SMILES string of the molecule is CC[C@@H]1CSC(SCCC(F)=C(F)F)=N1. The first-order valence-corrected chi connectivity index (χ1v) is 6.63. The number of hydrogen-bond acceptors (Lipinski definition) is 3. The van der Waals surface area contributed by atoms with Crippen LogP contribution in [0.3, 0.4) is 0 Å². The van der Waals surface area contributed by atoms with Gasteiger partial charge in [0.05, 0.1) is 6.04 Å². The molecule has 0 saturated carbocycles. The lowest BCUT2D eigenvalue weighted by molar-refractivity contribution is 0.373. The van der Waals surface area contributed by atoms with E-state index in [4.69, 9.17) is 0 Å². The van der Waals surface area contributed by atoms with Crippen LogP contribution in [-0.4, -0.2) is 21.9 Å². The quantitative estimate of drug-likeness (QED) is 0.750. The predicted octanol–water partition coefficient (Wildman–Crippen LogP) is 4.07. The summed E-state index contributed by atoms with van der Waals surface area (Å²) in [7, 11) is 0. The summed E-state index contributed by atoms with van der Waals surface area (Å²) in [5.41, 5.74) is 0. The van der Waals surface area contributed by atoms with Gasteiger partial charge in [0.15, 0.2) is 5.83 Å². The first kappa shape index (κ1) is 13.0. The fourth-order valence-electron chi connectivity index (χ4n) is 1.00. The van der Waals surface area contributed by atoms with E-state index < -0.39 is 11.9 Å². The molecule has 0 amide bonds. The molecule has 0 aromatic rings. The molecule has 0 aromatic carbocycles. The van der Waals surface area contributed by atoms with Crippen molar-refractivity contribution >= 4 is 27.9 Å². The van der Waals surface area contributed by atoms with Crippen molar-refractivity contribution in [2.75, 3.05) is 11.5 Å². The Balaban J connectivity index is 2.24. The number of hydrogen-bond donors (Lipinski definition) is 0. The van der Waals surface area contributed by atoms with E-state index in [0.717, 1.165) is 16.5 Å². The van der Waals surface area contributed by atoms with Crippen molar-refractivity contribution in [2.24, 2.45) is 4.99 Å². The van der Waals surface area contributed by atoms with E-state index in [1.54, 1.807) is 11.8 Å². The van der Waals surface area contributed by atoms with Crippen molar-refractivity contribution in [1.82, 2.24) is 0 Å². The zero-order valence-corrected chi connectivity index (χ0v) is 9.94. The van der Waals surface area contributed by atoms with E-state index in [1.807, 2.05) is 0 Å². The summed E-state index contributed by atoms with van der Waals surface area (Å²) in [5, 5.41) is 0. The molecular formula is C9H12F3NS2. The molecule has 1 atom stereocenters. The summed E-state index contributed by atoms with van der Waals surface area (Å²) in [4.78, 5) is 4.36. The minimum Gasteiger partial charge on any atom is -0.267 e. The molecule has 0 radical (unpaired) electrons. The predicted molar refractivity (Wildman–Crippen MR) is 61.4 cm³/mol. The minimum atomic E-state index is -2.21. The highest BCUT2D eigenvalue weighted by Gasteiger charge is 2.16. The monoisotopic (exact) mass is 255 g/mol. The molecule has 0 aromatic heterocycles. The molecule has 86 valence electrons. The molecule has 0 fully saturated rings. The van der Waals surface area contributed by atoms with E-state index in [0.29, 0.717) is 11.8 Å². The van der Waals surface area contributed by atoms with Gasteiger partial charge >= 0.3 is 6.08 Å². The standard InChI is InChI=1S/C9H12F3NS2/c1-2-6-5-15-9(13-6)14-4-3-7(10)8(11)12/h6H,2-5H2,1H3/t6-/m1/s1. The van der Waals surface area contributed by atoms with E-state index in [1.165, 1.54) is 11.8 Å². The molecule has 6 heteroatoms. The number of thioether (sulfide) groups is 2. The van der Waals surface area contributed by atoms with E-state index in [2.05, 4.69) is 11.9 Å². The summed E-state index contributed by atoms with van der Waals surface area (Å²) >= 11 is 2.98. The van der Waals surface area contributed by atoms with Gasteiger partial charge in [0.1, 0.15) is 4.38 Å². The van der Waals surface area contributed by atoms with Crippen LogP contribution in [0, 0.1) is 0 Å². The van der Waals surface area contributed by atoms with Crippen molar-refractivity contribution in [3.63, 3.8) is 0 Å². The Hall–Kier alpha value is -0.100. The van der Waals surface area contributed by atoms with Gasteiger partial charge in [0.25, 0.3) is 0 Å². The van der Waals surface area contributed by atoms with Crippen LogP contribution in [0.15, 0.2) is 16.9 Å². The Morgan fingerprint density at radius 3 is 2.80 bits per heavy atom. The minimum absolute atomic E-state index is 0.219. The number of halogens is 3. The molecule has 15 heavy (non-hydrogen) atoms. The van der Waals surface area contributed by atoms with Crippen molar-refractivity contribution < 1.29 is 13.2 Å². The van der Waals surface area contributed by atoms with Gasteiger partial charge in [-0.05, 0) is 6.42 Å². The van der Waals surface area contributed by atoms with E-state index >= 15 is 0 Å². The van der Waals surface area contributed by atoms with Gasteiger partial charge in [-0.15, -0.1) is 0 Å². The van der Waals surface area contributed by atoms with Crippen molar-refractivity contribution in [1.29, 1.82) is 0 Å². The van der Waals surface area contributed by atoms with Crippen LogP contribution < -0.4 is 0 Å². The van der Waals surface area contributed by atoms with Gasteiger partial charge in [0, 0.05) is 17.9 Å². The second kappa shape index (κ2) is 6.48. The molecule has 1 aliphatic heterocycles. The molecule has 1 heterocycles. The Morgan fingerprint density at radius 1 is 1.53 bits per heavy atom. The smallest absolute Gasteiger partial charge is 0.267 e. The fourth-order valence-corrected chi connectivity index (χ4v) is 3.34. The van der Waals surface area contributed by atoms with Crippen molar-refractivity contribution in [2.45, 2.75) is 25.8 Å². The zero-order chi connectivity index (χ0) is 11.3. The summed E-state index contributed by atoms with van der Waals surface area (Å²) in [5.74, 6) is -0.0294. The molecular weight excluding hydrogens is 243 g/mol. The second-order valence-electron chi connectivity index (χ2n) is 3.03. The molecule has 0 saturated heterocycles. The first-order valence-electron chi connectivity index (χ1n) is 4.66. The molecule has 0 N–H and O–H groups in total. The maximum Gasteiger partial charge on any atom is 0.301 e. The van der Waals surface area contributed by atoms with Crippen molar-refractivity contribution in [3.8, 4) is 0 Å². The maximum atomic E-state index is 12.4. The molecule has 1 nitrogen and oxygen atoms in total. The lowest BCUT2D eigenvalue weighted by Crippen LogP contribution is -1.99. The summed E-state index contributed by atoms with van der Waals surface area (Å²) in [6, 6.07) is 0.343. The van der Waals surface area contributed by atoms with Crippen molar-refractivity contribution in [3.05, 3.63) is 11.9 Å². The molecule has 0 aliphatic carbocycles. The first-order chi connectivity index (χ1) is 7.13. The molecule has 0 spiro atoms. The number of aliphatic imine (C=N–C) groups is 1. The Labute approximate surface area is 95.6 Å². The lowest BCUT2D eigenvalue weighted by Gasteiger charge is -1.97. The number of rotatable bonds is 4. The van der Waals surface area contributed by atoms with Gasteiger partial charge in [-0.3, -0.25) is 4.99 Å². The molecule has 0 unspecified atom stereocenters. The third-order valence-electron chi connectivity index (χ3n) is 1.91. The topological polar surface area (TPSA) is 12.4 Å². The molecule has 1 rings (SSSR count). The van der Waals surface area contributed by atoms with Gasteiger partial charge in [0.2, 0.25) is 0 Å². The van der Waals surface area contributed by atoms with Gasteiger partial charge in [-0.1, -0.05) is 30.4 Å². The lowest BCUT2D eigenvalue weighted by atomic mass is 10.3. The average Bonchev–Trinajstić information content (AvgIpc) is 2.65. The van der Waals surface area contributed by atoms with Crippen LogP contribution in [0.1, 0.15) is 19.8 Å². The summed E-state index contributed by atoms with van der Waals surface area (Å²) < 4.78 is 36.7. The van der Waals surface area contributed by atoms with Crippen LogP contribution in [0.25, 0.3) is 0 Å². The molecule has 0 bridgehead atoms. The Morgan fingerprint density at radius 2 is 2.27 bits per heavy atom. The van der Waals surface area contributed by atoms with Gasteiger partial charge < -0.3 is 0 Å². The van der Waals surface area contributed by atoms with Crippen LogP contribution in [0.2, 0.25) is 0 Å². The summed E-state index contributed by atoms with van der Waals surface area (Å²) in [6.07, 6.45) is -1.43. The van der Waals surface area contributed by atoms with E-state index in [-0.39, 0.29) is 6.42 Å². The highest BCUT2D eigenvalue weighted by molar-refractivity contribution is 8.39. The normalized spacial score (nSPS) is 20.3. The van der Waals surface area contributed by atoms with Gasteiger partial charge in [-0.25, -0.2) is 4.39 Å². The highest BCUT2D eigenvalue weighted by atomic mass is 32.2. The third kappa shape index (κ3) is 4.51. The Bertz CT molecular complexity index is 275. The largest absolute Gasteiger partial charge is 0.301 e. The average molecular weight is 255 g/mol. The highest BCUT2D eigenvalue weighted by Crippen LogP contribution is 2.28. The summed E-state index contributed by atoms with van der Waals surface area (Å²) in [6.45, 7) is 2.06. The number of nitrogens with zero attached hydrogens (tertiary/aromatic N) is 1. The van der Waals surface area contributed by atoms with Gasteiger partial charge in [-0.2, -0.15) is 8.78 Å². The van der Waals surface area contributed by atoms with E-state index in [9.17, 15) is 13.2 Å². The second-order valence-corrected chi connectivity index (χ2v) is 5.38. The maximum absolute atomic E-state index is 12.4. The molecule has 1 aliphatic rings. The van der Waals surface area contributed by atoms with Crippen LogP contribution in [0.5, 0.6) is 0 Å². The number of allylic oxidation sites excluding steroid dienone is 1. The fraction of sp³-hybridized carbons (Fsp3) is 0.667. The van der Waals surface area contributed by atoms with Crippen LogP contribution in [-0.2, 0) is 0 Å². The third-order valence-corrected chi connectivity index (χ3v) is 4.28. The Kier molecular flexibility index (Phi) is 5.60. The van der Waals surface area contributed by atoms with Crippen LogP contribution in [0.4, 0.5) is 13.2 Å². The van der Waals surface area contributed by atoms with Crippen LogP contribution >= 0.6 is 23.5 Å². The zero-order valence-electron chi connectivity index (χ0n) is 8.30.